The standard InChI is InChI=1S/C27H23ClN4O8S/c1-13(15-8-14(4-5-16(15)28)27(36)40-32-22(33)6-7-23(32)34)39-21-11-24(41-25(21)26(29)35)31-12-30-17-9-19(37-2)20(38-3)10-18(17)31/h4-13,33-34H,1-3H3,(H2,29,35). The molecule has 0 aliphatic rings. The highest BCUT2D eigenvalue weighted by atomic mass is 35.5. The maximum atomic E-state index is 12.7. The molecule has 12 nitrogen and oxygen atoms in total. The van der Waals surface area contributed by atoms with Crippen LogP contribution in [0.25, 0.3) is 16.0 Å². The van der Waals surface area contributed by atoms with Crippen molar-refractivity contribution in [2.75, 3.05) is 14.2 Å². The molecule has 0 aliphatic heterocycles. The van der Waals surface area contributed by atoms with Crippen LogP contribution in [0.15, 0.2) is 54.9 Å². The smallest absolute Gasteiger partial charge is 0.363 e. The summed E-state index contributed by atoms with van der Waals surface area (Å²) in [7, 11) is 3.06. The molecule has 14 heteroatoms. The summed E-state index contributed by atoms with van der Waals surface area (Å²) in [5, 5.41) is 20.4. The van der Waals surface area contributed by atoms with Gasteiger partial charge in [-0.2, -0.15) is 0 Å². The van der Waals surface area contributed by atoms with Gasteiger partial charge in [0.1, 0.15) is 28.1 Å². The van der Waals surface area contributed by atoms with Crippen LogP contribution in [0.4, 0.5) is 0 Å². The zero-order chi connectivity index (χ0) is 29.4. The molecule has 1 unspecified atom stereocenters. The zero-order valence-electron chi connectivity index (χ0n) is 21.8. The lowest BCUT2D eigenvalue weighted by Crippen LogP contribution is -2.19. The van der Waals surface area contributed by atoms with E-state index in [4.69, 9.17) is 36.4 Å². The summed E-state index contributed by atoms with van der Waals surface area (Å²) in [5.74, 6) is -1.24. The van der Waals surface area contributed by atoms with Gasteiger partial charge in [-0.15, -0.1) is 16.1 Å². The van der Waals surface area contributed by atoms with Gasteiger partial charge in [-0.3, -0.25) is 9.36 Å². The Morgan fingerprint density at radius 3 is 2.34 bits per heavy atom. The third-order valence-electron chi connectivity index (χ3n) is 6.14. The lowest BCUT2D eigenvalue weighted by atomic mass is 10.1. The molecule has 0 saturated heterocycles. The Bertz CT molecular complexity index is 1770. The van der Waals surface area contributed by atoms with Crippen molar-refractivity contribution in [2.45, 2.75) is 13.0 Å². The Morgan fingerprint density at radius 1 is 1.00 bits per heavy atom. The van der Waals surface area contributed by atoms with Crippen molar-refractivity contribution in [3.63, 3.8) is 0 Å². The average molecular weight is 599 g/mol. The number of aromatic nitrogens is 3. The Labute approximate surface area is 241 Å². The van der Waals surface area contributed by atoms with Crippen LogP contribution < -0.4 is 24.8 Å². The van der Waals surface area contributed by atoms with E-state index in [2.05, 4.69) is 4.98 Å². The number of fused-ring (bicyclic) bond motifs is 1. The molecule has 41 heavy (non-hydrogen) atoms. The van der Waals surface area contributed by atoms with Crippen LogP contribution in [0, 0.1) is 0 Å². The topological polar surface area (TPSA) is 160 Å². The van der Waals surface area contributed by atoms with Gasteiger partial charge in [0.25, 0.3) is 5.91 Å². The number of hydrogen-bond donors (Lipinski definition) is 3. The number of imidazole rings is 1. The van der Waals surface area contributed by atoms with Gasteiger partial charge >= 0.3 is 5.97 Å². The molecule has 1 atom stereocenters. The summed E-state index contributed by atoms with van der Waals surface area (Å²) in [6.07, 6.45) is 0.854. The summed E-state index contributed by atoms with van der Waals surface area (Å²) in [5.41, 5.74) is 7.50. The van der Waals surface area contributed by atoms with Gasteiger partial charge in [0, 0.05) is 40.9 Å². The third kappa shape index (κ3) is 5.19. The van der Waals surface area contributed by atoms with Gasteiger partial charge < -0.3 is 35.0 Å². The van der Waals surface area contributed by atoms with E-state index >= 15 is 0 Å². The summed E-state index contributed by atoms with van der Waals surface area (Å²) in [6.45, 7) is 1.69. The van der Waals surface area contributed by atoms with Crippen LogP contribution in [0.2, 0.25) is 5.02 Å². The van der Waals surface area contributed by atoms with E-state index in [-0.39, 0.29) is 16.2 Å². The normalized spacial score (nSPS) is 11.8. The van der Waals surface area contributed by atoms with Crippen LogP contribution in [0.5, 0.6) is 29.0 Å². The van der Waals surface area contributed by atoms with E-state index in [0.717, 1.165) is 23.5 Å². The quantitative estimate of drug-likeness (QED) is 0.222. The van der Waals surface area contributed by atoms with Gasteiger partial charge in [-0.1, -0.05) is 11.6 Å². The van der Waals surface area contributed by atoms with E-state index in [0.29, 0.717) is 42.8 Å². The maximum Gasteiger partial charge on any atom is 0.363 e. The fraction of sp³-hybridized carbons (Fsp3) is 0.148. The predicted molar refractivity (Wildman–Crippen MR) is 150 cm³/mol. The molecule has 5 rings (SSSR count). The van der Waals surface area contributed by atoms with Crippen molar-refractivity contribution < 1.29 is 38.9 Å². The van der Waals surface area contributed by atoms with E-state index in [9.17, 15) is 19.8 Å². The first-order valence-corrected chi connectivity index (χ1v) is 13.1. The van der Waals surface area contributed by atoms with Gasteiger partial charge in [-0.05, 0) is 25.1 Å². The van der Waals surface area contributed by atoms with Gasteiger partial charge in [0.2, 0.25) is 11.8 Å². The molecule has 0 spiro atoms. The Morgan fingerprint density at radius 2 is 1.68 bits per heavy atom. The number of carbonyl (C=O) groups is 2. The maximum absolute atomic E-state index is 12.7. The monoisotopic (exact) mass is 598 g/mol. The number of halogens is 1. The molecule has 0 aliphatic carbocycles. The minimum Gasteiger partial charge on any atom is -0.493 e. The lowest BCUT2D eigenvalue weighted by molar-refractivity contribution is 0.0381. The zero-order valence-corrected chi connectivity index (χ0v) is 23.4. The molecule has 212 valence electrons. The highest BCUT2D eigenvalue weighted by molar-refractivity contribution is 7.16. The number of hydrogen-bond acceptors (Lipinski definition) is 10. The average Bonchev–Trinajstić information content (AvgIpc) is 3.65. The van der Waals surface area contributed by atoms with E-state index < -0.39 is 29.7 Å². The van der Waals surface area contributed by atoms with Crippen molar-refractivity contribution in [3.8, 4) is 34.0 Å². The first-order chi connectivity index (χ1) is 19.6. The number of thiophene rings is 1. The van der Waals surface area contributed by atoms with Crippen LogP contribution in [0.1, 0.15) is 38.6 Å². The van der Waals surface area contributed by atoms with E-state index in [1.165, 1.54) is 32.4 Å². The number of aromatic hydroxyl groups is 2. The molecule has 0 saturated carbocycles. The van der Waals surface area contributed by atoms with Crippen LogP contribution in [-0.4, -0.2) is 50.6 Å². The molecule has 0 fully saturated rings. The molecule has 3 aromatic heterocycles. The summed E-state index contributed by atoms with van der Waals surface area (Å²) in [6, 6.07) is 11.8. The molecule has 3 heterocycles. The van der Waals surface area contributed by atoms with Crippen LogP contribution in [0.3, 0.4) is 0 Å². The highest BCUT2D eigenvalue weighted by Gasteiger charge is 2.23. The van der Waals surface area contributed by atoms with E-state index in [1.54, 1.807) is 36.0 Å². The summed E-state index contributed by atoms with van der Waals surface area (Å²) < 4.78 is 19.2. The molecule has 1 amide bonds. The molecule has 0 radical (unpaired) electrons. The highest BCUT2D eigenvalue weighted by Crippen LogP contribution is 2.39. The summed E-state index contributed by atoms with van der Waals surface area (Å²) in [4.78, 5) is 34.7. The first-order valence-electron chi connectivity index (χ1n) is 11.9. The third-order valence-corrected chi connectivity index (χ3v) is 7.62. The number of nitrogens with two attached hydrogens (primary N) is 1. The van der Waals surface area contributed by atoms with Crippen LogP contribution >= 0.6 is 22.9 Å². The van der Waals surface area contributed by atoms with Crippen molar-refractivity contribution >= 4 is 45.8 Å². The number of benzene rings is 2. The molecular weight excluding hydrogens is 576 g/mol. The Balaban J connectivity index is 1.45. The number of primary amides is 1. The number of nitrogens with zero attached hydrogens (tertiary/aromatic N) is 3. The predicted octanol–water partition coefficient (Wildman–Crippen LogP) is 4.48. The van der Waals surface area contributed by atoms with Gasteiger partial charge in [0.05, 0.1) is 30.8 Å². The molecular formula is C27H23ClN4O8S. The van der Waals surface area contributed by atoms with Crippen molar-refractivity contribution in [1.29, 1.82) is 0 Å². The van der Waals surface area contributed by atoms with Gasteiger partial charge in [0.15, 0.2) is 11.5 Å². The molecule has 0 bridgehead atoms. The summed E-state index contributed by atoms with van der Waals surface area (Å²) >= 11 is 7.53. The number of methoxy groups -OCH3 is 2. The van der Waals surface area contributed by atoms with Crippen molar-refractivity contribution in [1.82, 2.24) is 14.3 Å². The number of ether oxygens (including phenoxy) is 3. The first kappa shape index (κ1) is 27.7. The number of rotatable bonds is 9. The second-order valence-electron chi connectivity index (χ2n) is 8.67. The second kappa shape index (κ2) is 10.9. The Kier molecular flexibility index (Phi) is 7.39. The minimum absolute atomic E-state index is 0.0720. The molecule has 5 aromatic rings. The Hall–Kier alpha value is -4.88. The molecule has 2 aromatic carbocycles. The number of carbonyl (C=O) groups excluding carboxylic acids is 2. The van der Waals surface area contributed by atoms with Crippen molar-refractivity contribution in [2.24, 2.45) is 5.73 Å². The van der Waals surface area contributed by atoms with Gasteiger partial charge in [-0.25, -0.2) is 9.78 Å². The second-order valence-corrected chi connectivity index (χ2v) is 10.1. The lowest BCUT2D eigenvalue weighted by Gasteiger charge is -2.17. The van der Waals surface area contributed by atoms with Crippen molar-refractivity contribution in [3.05, 3.63) is 75.9 Å². The fourth-order valence-electron chi connectivity index (χ4n) is 4.12. The van der Waals surface area contributed by atoms with E-state index in [1.807, 2.05) is 0 Å². The largest absolute Gasteiger partial charge is 0.493 e. The SMILES string of the molecule is COc1cc2ncn(-c3cc(OC(C)c4cc(C(=O)On5c(O)ccc5O)ccc4Cl)c(C(N)=O)s3)c2cc1OC. The van der Waals surface area contributed by atoms with Crippen LogP contribution in [-0.2, 0) is 0 Å². The fourth-order valence-corrected chi connectivity index (χ4v) is 5.32. The molecule has 4 N–H and O–H groups in total. The number of amides is 1. The minimum atomic E-state index is -0.869.